The molecule has 2 aromatic heterocycles. The number of piperazine rings is 1. The summed E-state index contributed by atoms with van der Waals surface area (Å²) in [5.74, 6) is 0.476. The van der Waals surface area contributed by atoms with E-state index in [1.165, 1.54) is 0 Å². The molecule has 0 spiro atoms. The average molecular weight is 403 g/mol. The molecule has 1 saturated heterocycles. The van der Waals surface area contributed by atoms with Crippen molar-refractivity contribution in [3.8, 4) is 11.3 Å². The molecule has 154 valence electrons. The first-order valence-electron chi connectivity index (χ1n) is 9.97. The van der Waals surface area contributed by atoms with Crippen LogP contribution in [0.2, 0.25) is 0 Å². The lowest BCUT2D eigenvalue weighted by atomic mass is 10.2. The van der Waals surface area contributed by atoms with Gasteiger partial charge in [-0.25, -0.2) is 9.97 Å². The van der Waals surface area contributed by atoms with Crippen molar-refractivity contribution in [2.75, 3.05) is 50.4 Å². The second-order valence-electron chi connectivity index (χ2n) is 7.34. The monoisotopic (exact) mass is 403 g/mol. The molecule has 30 heavy (non-hydrogen) atoms. The maximum Gasteiger partial charge on any atom is 0.238 e. The average Bonchev–Trinajstić information content (AvgIpc) is 2.76. The number of carbonyl (C=O) groups is 1. The van der Waals surface area contributed by atoms with Gasteiger partial charge < -0.3 is 15.5 Å². The summed E-state index contributed by atoms with van der Waals surface area (Å²) in [5, 5.41) is 6.18. The van der Waals surface area contributed by atoms with Crippen molar-refractivity contribution in [3.63, 3.8) is 0 Å². The van der Waals surface area contributed by atoms with Crippen LogP contribution in [0.15, 0.2) is 61.1 Å². The lowest BCUT2D eigenvalue weighted by Gasteiger charge is -2.31. The van der Waals surface area contributed by atoms with E-state index in [1.807, 2.05) is 42.5 Å². The molecule has 2 N–H and O–H groups in total. The first kappa shape index (κ1) is 19.9. The topological polar surface area (TPSA) is 86.3 Å². The van der Waals surface area contributed by atoms with Gasteiger partial charge in [0.1, 0.15) is 0 Å². The van der Waals surface area contributed by atoms with E-state index >= 15 is 0 Å². The molecule has 1 amide bonds. The Labute approximate surface area is 176 Å². The Morgan fingerprint density at radius 1 is 1.03 bits per heavy atom. The van der Waals surface area contributed by atoms with Gasteiger partial charge in [-0.15, -0.1) is 0 Å². The molecule has 1 aromatic carbocycles. The third-order valence-corrected chi connectivity index (χ3v) is 4.98. The summed E-state index contributed by atoms with van der Waals surface area (Å²) < 4.78 is 0. The highest BCUT2D eigenvalue weighted by molar-refractivity contribution is 5.92. The summed E-state index contributed by atoms with van der Waals surface area (Å²) in [7, 11) is 2.10. The summed E-state index contributed by atoms with van der Waals surface area (Å²) in [5.41, 5.74) is 3.25. The zero-order chi connectivity index (χ0) is 20.8. The number of benzene rings is 1. The zero-order valence-corrected chi connectivity index (χ0v) is 17.0. The molecule has 1 aliphatic rings. The molecule has 0 unspecified atom stereocenters. The van der Waals surface area contributed by atoms with Crippen molar-refractivity contribution in [1.82, 2.24) is 24.8 Å². The minimum Gasteiger partial charge on any atom is -0.325 e. The lowest BCUT2D eigenvalue weighted by Crippen LogP contribution is -2.47. The number of likely N-dealkylation sites (N-methyl/N-ethyl adjacent to an activating group) is 1. The van der Waals surface area contributed by atoms with E-state index < -0.39 is 0 Å². The molecule has 3 heterocycles. The van der Waals surface area contributed by atoms with Crippen LogP contribution in [0.5, 0.6) is 0 Å². The van der Waals surface area contributed by atoms with Crippen LogP contribution in [0, 0.1) is 0 Å². The van der Waals surface area contributed by atoms with Crippen molar-refractivity contribution in [1.29, 1.82) is 0 Å². The zero-order valence-electron chi connectivity index (χ0n) is 17.0. The Bertz CT molecular complexity index is 988. The number of aromatic nitrogens is 3. The van der Waals surface area contributed by atoms with Gasteiger partial charge in [0, 0.05) is 61.7 Å². The number of anilines is 3. The molecule has 0 saturated carbocycles. The summed E-state index contributed by atoms with van der Waals surface area (Å²) in [6.45, 7) is 4.21. The number of nitrogens with one attached hydrogen (secondary N) is 2. The lowest BCUT2D eigenvalue weighted by molar-refractivity contribution is -0.117. The number of carbonyl (C=O) groups excluding carboxylic acids is 1. The largest absolute Gasteiger partial charge is 0.325 e. The van der Waals surface area contributed by atoms with Gasteiger partial charge >= 0.3 is 0 Å². The highest BCUT2D eigenvalue weighted by Gasteiger charge is 2.16. The molecular weight excluding hydrogens is 378 g/mol. The van der Waals surface area contributed by atoms with E-state index in [4.69, 9.17) is 0 Å². The highest BCUT2D eigenvalue weighted by Crippen LogP contribution is 2.20. The van der Waals surface area contributed by atoms with Crippen LogP contribution in [0.1, 0.15) is 0 Å². The Kier molecular flexibility index (Phi) is 6.26. The van der Waals surface area contributed by atoms with Gasteiger partial charge in [-0.05, 0) is 43.4 Å². The molecule has 0 radical (unpaired) electrons. The molecule has 0 bridgehead atoms. The molecular formula is C22H25N7O. The second kappa shape index (κ2) is 9.43. The minimum absolute atomic E-state index is 0.00784. The van der Waals surface area contributed by atoms with Crippen molar-refractivity contribution in [2.24, 2.45) is 0 Å². The SMILES string of the molecule is CN1CCN(CC(=O)Nc2cccc(Nc3nccc(-c4cccnc4)n3)c2)CC1. The maximum atomic E-state index is 12.4. The van der Waals surface area contributed by atoms with Crippen LogP contribution < -0.4 is 10.6 Å². The van der Waals surface area contributed by atoms with Gasteiger partial charge in [0.25, 0.3) is 0 Å². The molecule has 1 fully saturated rings. The van der Waals surface area contributed by atoms with Gasteiger partial charge in [0.15, 0.2) is 0 Å². The minimum atomic E-state index is -0.00784. The number of hydrogen-bond donors (Lipinski definition) is 2. The van der Waals surface area contributed by atoms with Gasteiger partial charge in [0.2, 0.25) is 11.9 Å². The molecule has 0 atom stereocenters. The van der Waals surface area contributed by atoms with Crippen molar-refractivity contribution >= 4 is 23.2 Å². The van der Waals surface area contributed by atoms with Crippen LogP contribution in [0.3, 0.4) is 0 Å². The predicted octanol–water partition coefficient (Wildman–Crippen LogP) is 2.47. The number of nitrogens with zero attached hydrogens (tertiary/aromatic N) is 5. The number of pyridine rings is 1. The normalized spacial score (nSPS) is 15.0. The predicted molar refractivity (Wildman–Crippen MR) is 118 cm³/mol. The van der Waals surface area contributed by atoms with Crippen LogP contribution in [-0.2, 0) is 4.79 Å². The van der Waals surface area contributed by atoms with Crippen molar-refractivity contribution in [3.05, 3.63) is 61.1 Å². The third kappa shape index (κ3) is 5.37. The van der Waals surface area contributed by atoms with Crippen LogP contribution in [0.4, 0.5) is 17.3 Å². The molecule has 3 aromatic rings. The van der Waals surface area contributed by atoms with Crippen molar-refractivity contribution < 1.29 is 4.79 Å². The molecule has 0 aliphatic carbocycles. The van der Waals surface area contributed by atoms with E-state index in [1.54, 1.807) is 18.6 Å². The summed E-state index contributed by atoms with van der Waals surface area (Å²) in [6, 6.07) is 13.2. The number of hydrogen-bond acceptors (Lipinski definition) is 7. The Hall–Kier alpha value is -3.36. The van der Waals surface area contributed by atoms with Crippen molar-refractivity contribution in [2.45, 2.75) is 0 Å². The molecule has 4 rings (SSSR count). The van der Waals surface area contributed by atoms with Crippen LogP contribution in [0.25, 0.3) is 11.3 Å². The first-order valence-corrected chi connectivity index (χ1v) is 9.97. The van der Waals surface area contributed by atoms with Gasteiger partial charge in [-0.1, -0.05) is 6.07 Å². The van der Waals surface area contributed by atoms with E-state index in [-0.39, 0.29) is 5.91 Å². The fraction of sp³-hybridized carbons (Fsp3) is 0.273. The first-order chi connectivity index (χ1) is 14.7. The highest BCUT2D eigenvalue weighted by atomic mass is 16.2. The smallest absolute Gasteiger partial charge is 0.238 e. The summed E-state index contributed by atoms with van der Waals surface area (Å²) in [4.78, 5) is 29.8. The maximum absolute atomic E-state index is 12.4. The Morgan fingerprint density at radius 3 is 2.67 bits per heavy atom. The number of rotatable bonds is 6. The van der Waals surface area contributed by atoms with E-state index in [0.29, 0.717) is 12.5 Å². The van der Waals surface area contributed by atoms with Crippen LogP contribution in [-0.4, -0.2) is 70.4 Å². The van der Waals surface area contributed by atoms with Gasteiger partial charge in [-0.3, -0.25) is 14.7 Å². The molecule has 8 heteroatoms. The molecule has 1 aliphatic heterocycles. The standard InChI is InChI=1S/C22H25N7O/c1-28-10-12-29(13-11-28)16-21(30)25-18-5-2-6-19(14-18)26-22-24-9-7-20(27-22)17-4-3-8-23-15-17/h2-9,14-15H,10-13,16H2,1H3,(H,25,30)(H,24,26,27). The Morgan fingerprint density at radius 2 is 1.87 bits per heavy atom. The van der Waals surface area contributed by atoms with Gasteiger partial charge in [0.05, 0.1) is 12.2 Å². The summed E-state index contributed by atoms with van der Waals surface area (Å²) >= 11 is 0. The van der Waals surface area contributed by atoms with Crippen LogP contribution >= 0.6 is 0 Å². The van der Waals surface area contributed by atoms with E-state index in [9.17, 15) is 4.79 Å². The van der Waals surface area contributed by atoms with Gasteiger partial charge in [-0.2, -0.15) is 0 Å². The fourth-order valence-corrected chi connectivity index (χ4v) is 3.31. The van der Waals surface area contributed by atoms with E-state index in [0.717, 1.165) is 48.8 Å². The number of amides is 1. The second-order valence-corrected chi connectivity index (χ2v) is 7.34. The quantitative estimate of drug-likeness (QED) is 0.654. The summed E-state index contributed by atoms with van der Waals surface area (Å²) in [6.07, 6.45) is 5.20. The molecule has 8 nitrogen and oxygen atoms in total. The van der Waals surface area contributed by atoms with E-state index in [2.05, 4.69) is 42.4 Å². The third-order valence-electron chi connectivity index (χ3n) is 4.98. The fourth-order valence-electron chi connectivity index (χ4n) is 3.31. The Balaban J connectivity index is 1.38.